The van der Waals surface area contributed by atoms with Gasteiger partial charge in [0.1, 0.15) is 11.4 Å². The lowest BCUT2D eigenvalue weighted by Crippen LogP contribution is -2.27. The van der Waals surface area contributed by atoms with Crippen LogP contribution in [0.3, 0.4) is 0 Å². The molecule has 0 atom stereocenters. The van der Waals surface area contributed by atoms with Crippen molar-refractivity contribution in [2.24, 2.45) is 5.92 Å². The Hall–Kier alpha value is -2.81. The molecule has 0 radical (unpaired) electrons. The highest BCUT2D eigenvalue weighted by Crippen LogP contribution is 2.32. The van der Waals surface area contributed by atoms with Gasteiger partial charge in [0.2, 0.25) is 5.88 Å². The number of carbonyl (C=O) groups is 1. The molecule has 2 aromatic carbocycles. The van der Waals surface area contributed by atoms with E-state index in [1.165, 1.54) is 30.5 Å². The van der Waals surface area contributed by atoms with Gasteiger partial charge in [-0.1, -0.05) is 46.9 Å². The van der Waals surface area contributed by atoms with E-state index in [1.807, 2.05) is 12.1 Å². The summed E-state index contributed by atoms with van der Waals surface area (Å²) in [5.74, 6) is -1.55. The fraction of sp³-hybridized carbons (Fsp3) is 0.308. The summed E-state index contributed by atoms with van der Waals surface area (Å²) in [5, 5.41) is 11.2. The van der Waals surface area contributed by atoms with Crippen molar-refractivity contribution in [1.29, 1.82) is 0 Å². The van der Waals surface area contributed by atoms with Crippen LogP contribution < -0.4 is 14.8 Å². The number of aliphatic carboxylic acids is 1. The van der Waals surface area contributed by atoms with Crippen LogP contribution in [-0.2, 0) is 26.1 Å². The van der Waals surface area contributed by atoms with Gasteiger partial charge < -0.3 is 19.9 Å². The number of nitrogens with one attached hydrogen (secondary N) is 2. The molecule has 228 valence electrons. The molecule has 1 fully saturated rings. The van der Waals surface area contributed by atoms with Crippen molar-refractivity contribution < 1.29 is 41.0 Å². The minimum Gasteiger partial charge on any atom is -0.475 e. The second-order valence-corrected chi connectivity index (χ2v) is 11.9. The lowest BCUT2D eigenvalue weighted by Gasteiger charge is -2.22. The molecule has 0 saturated carbocycles. The van der Waals surface area contributed by atoms with Crippen molar-refractivity contribution in [3.63, 3.8) is 0 Å². The first-order valence-electron chi connectivity index (χ1n) is 12.2. The molecule has 0 spiro atoms. The number of carboxylic acids is 1. The van der Waals surface area contributed by atoms with Gasteiger partial charge in [-0.2, -0.15) is 13.2 Å². The highest BCUT2D eigenvalue weighted by Gasteiger charge is 2.38. The maximum atomic E-state index is 12.9. The van der Waals surface area contributed by atoms with E-state index in [0.717, 1.165) is 44.7 Å². The van der Waals surface area contributed by atoms with Crippen molar-refractivity contribution >= 4 is 56.5 Å². The summed E-state index contributed by atoms with van der Waals surface area (Å²) in [4.78, 5) is 13.0. The van der Waals surface area contributed by atoms with Gasteiger partial charge in [0.15, 0.2) is 0 Å². The molecule has 0 aliphatic carbocycles. The van der Waals surface area contributed by atoms with Gasteiger partial charge >= 0.3 is 12.1 Å². The number of hydrogen-bond acceptors (Lipinski definition) is 7. The Labute approximate surface area is 254 Å². The van der Waals surface area contributed by atoms with E-state index in [2.05, 4.69) is 15.0 Å². The number of alkyl halides is 3. The quantitative estimate of drug-likeness (QED) is 0.227. The first kappa shape index (κ1) is 33.7. The van der Waals surface area contributed by atoms with Crippen LogP contribution in [0.1, 0.15) is 18.4 Å². The van der Waals surface area contributed by atoms with Gasteiger partial charge in [0.05, 0.1) is 20.0 Å². The standard InChI is InChI=1S/C24H24Cl3N3O4S.C2HF3O2/c25-18-11-23(30-35(31,32)20-5-6-21(26)22(27)12-20)24(29-15-18)34-19-3-1-16(2-4-19)13-28-14-17-7-9-33-10-8-17;3-2(4,5)1(6)7/h1-6,11-12,15,17,28,30H,7-10,13-14H2;(H,6,7). The minimum atomic E-state index is -5.08. The summed E-state index contributed by atoms with van der Waals surface area (Å²) in [6.07, 6.45) is -1.53. The fourth-order valence-corrected chi connectivity index (χ4v) is 5.18. The van der Waals surface area contributed by atoms with E-state index in [9.17, 15) is 21.6 Å². The molecule has 1 saturated heterocycles. The second-order valence-electron chi connectivity index (χ2n) is 8.92. The number of pyridine rings is 1. The minimum absolute atomic E-state index is 0.0587. The lowest BCUT2D eigenvalue weighted by molar-refractivity contribution is -0.192. The summed E-state index contributed by atoms with van der Waals surface area (Å²) in [5.41, 5.74) is 1.19. The van der Waals surface area contributed by atoms with E-state index >= 15 is 0 Å². The zero-order valence-corrected chi connectivity index (χ0v) is 24.7. The monoisotopic (exact) mass is 669 g/mol. The Bertz CT molecular complexity index is 1470. The van der Waals surface area contributed by atoms with Gasteiger partial charge in [-0.25, -0.2) is 18.2 Å². The molecule has 0 bridgehead atoms. The third-order valence-corrected chi connectivity index (χ3v) is 8.06. The molecule has 1 aromatic heterocycles. The van der Waals surface area contributed by atoms with Crippen LogP contribution in [0.2, 0.25) is 15.1 Å². The van der Waals surface area contributed by atoms with Gasteiger partial charge in [-0.3, -0.25) is 4.72 Å². The van der Waals surface area contributed by atoms with E-state index in [0.29, 0.717) is 11.7 Å². The number of hydrogen-bond donors (Lipinski definition) is 3. The van der Waals surface area contributed by atoms with Crippen molar-refractivity contribution in [2.45, 2.75) is 30.5 Å². The molecule has 4 rings (SSSR count). The summed E-state index contributed by atoms with van der Waals surface area (Å²) in [7, 11) is -4.00. The van der Waals surface area contributed by atoms with Crippen LogP contribution in [-0.4, -0.2) is 50.4 Å². The highest BCUT2D eigenvalue weighted by molar-refractivity contribution is 7.92. The molecule has 3 aromatic rings. The number of halogens is 6. The summed E-state index contributed by atoms with van der Waals surface area (Å²) < 4.78 is 71.2. The van der Waals surface area contributed by atoms with Crippen LogP contribution in [0, 0.1) is 5.92 Å². The molecule has 16 heteroatoms. The van der Waals surface area contributed by atoms with Crippen molar-refractivity contribution in [3.05, 3.63) is 75.4 Å². The van der Waals surface area contributed by atoms with E-state index < -0.39 is 22.2 Å². The third-order valence-electron chi connectivity index (χ3n) is 5.75. The average Bonchev–Trinajstić information content (AvgIpc) is 2.93. The van der Waals surface area contributed by atoms with Crippen molar-refractivity contribution in [1.82, 2.24) is 10.3 Å². The SMILES string of the molecule is O=C(O)C(F)(F)F.O=S(=O)(Nc1cc(Cl)cnc1Oc1ccc(CNCC2CCOCC2)cc1)c1ccc(Cl)c(Cl)c1. The predicted octanol–water partition coefficient (Wildman–Crippen LogP) is 6.78. The first-order valence-corrected chi connectivity index (χ1v) is 14.8. The van der Waals surface area contributed by atoms with E-state index in [1.54, 1.807) is 12.1 Å². The van der Waals surface area contributed by atoms with Crippen LogP contribution in [0.25, 0.3) is 0 Å². The molecule has 3 N–H and O–H groups in total. The largest absolute Gasteiger partial charge is 0.490 e. The van der Waals surface area contributed by atoms with Crippen LogP contribution in [0.5, 0.6) is 11.6 Å². The molecule has 1 aliphatic heterocycles. The Morgan fingerprint density at radius 2 is 1.69 bits per heavy atom. The Morgan fingerprint density at radius 1 is 1.05 bits per heavy atom. The number of benzene rings is 2. The van der Waals surface area contributed by atoms with Gasteiger partial charge in [-0.15, -0.1) is 0 Å². The summed E-state index contributed by atoms with van der Waals surface area (Å²) in [6.45, 7) is 3.37. The molecular weight excluding hydrogens is 646 g/mol. The smallest absolute Gasteiger partial charge is 0.475 e. The van der Waals surface area contributed by atoms with Gasteiger partial charge in [0, 0.05) is 26.0 Å². The van der Waals surface area contributed by atoms with Crippen molar-refractivity contribution in [3.8, 4) is 11.6 Å². The third kappa shape index (κ3) is 10.5. The number of aromatic nitrogens is 1. The second kappa shape index (κ2) is 15.1. The van der Waals surface area contributed by atoms with E-state index in [-0.39, 0.29) is 31.5 Å². The molecule has 42 heavy (non-hydrogen) atoms. The Kier molecular flexibility index (Phi) is 12.1. The predicted molar refractivity (Wildman–Crippen MR) is 152 cm³/mol. The molecule has 0 amide bonds. The molecule has 0 unspecified atom stereocenters. The number of nitrogens with zero attached hydrogens (tertiary/aromatic N) is 1. The maximum absolute atomic E-state index is 12.9. The van der Waals surface area contributed by atoms with Gasteiger partial charge in [0.25, 0.3) is 10.0 Å². The molecular formula is C26H25Cl3F3N3O6S. The normalized spacial score (nSPS) is 14.0. The van der Waals surface area contributed by atoms with Crippen molar-refractivity contribution in [2.75, 3.05) is 24.5 Å². The number of rotatable bonds is 9. The molecule has 2 heterocycles. The summed E-state index contributed by atoms with van der Waals surface area (Å²) in [6, 6.07) is 12.9. The molecule has 1 aliphatic rings. The highest BCUT2D eigenvalue weighted by atomic mass is 35.5. The Balaban J connectivity index is 0.000000616. The fourth-order valence-electron chi connectivity index (χ4n) is 3.59. The van der Waals surface area contributed by atoms with Crippen LogP contribution in [0.4, 0.5) is 18.9 Å². The zero-order chi connectivity index (χ0) is 30.9. The number of carboxylic acid groups (broad SMARTS) is 1. The molecule has 9 nitrogen and oxygen atoms in total. The topological polar surface area (TPSA) is 127 Å². The Morgan fingerprint density at radius 3 is 2.29 bits per heavy atom. The first-order chi connectivity index (χ1) is 19.7. The number of sulfonamides is 1. The number of anilines is 1. The summed E-state index contributed by atoms with van der Waals surface area (Å²) >= 11 is 17.9. The maximum Gasteiger partial charge on any atom is 0.490 e. The van der Waals surface area contributed by atoms with Crippen LogP contribution in [0.15, 0.2) is 59.6 Å². The van der Waals surface area contributed by atoms with E-state index in [4.69, 9.17) is 54.2 Å². The number of ether oxygens (including phenoxy) is 2. The van der Waals surface area contributed by atoms with Gasteiger partial charge in [-0.05, 0) is 67.3 Å². The lowest BCUT2D eigenvalue weighted by atomic mass is 10.0. The average molecular weight is 671 g/mol. The zero-order valence-electron chi connectivity index (χ0n) is 21.6. The van der Waals surface area contributed by atoms with Crippen LogP contribution >= 0.6 is 34.8 Å².